The summed E-state index contributed by atoms with van der Waals surface area (Å²) in [5.41, 5.74) is 6.53. The molecule has 2 heterocycles. The number of nitrogens with zero attached hydrogens (tertiary/aromatic N) is 3. The van der Waals surface area contributed by atoms with Crippen LogP contribution in [0.1, 0.15) is 36.9 Å². The van der Waals surface area contributed by atoms with Gasteiger partial charge in [-0.25, -0.2) is 0 Å². The molecular weight excluding hydrogens is 302 g/mol. The summed E-state index contributed by atoms with van der Waals surface area (Å²) in [5.74, 6) is 1.74. The number of furan rings is 1. The standard InChI is InChI=1S/C15H16ClN5O/c1-8(16)13-19-14(17)21-15(20-13)18-9(2)12-7-10-5-3-4-6-11(10)22-12/h3-9H,1-2H3,(H3,17,18,19,20,21). The van der Waals surface area contributed by atoms with Crippen molar-refractivity contribution in [2.75, 3.05) is 11.1 Å². The molecule has 3 rings (SSSR count). The minimum Gasteiger partial charge on any atom is -0.459 e. The van der Waals surface area contributed by atoms with Gasteiger partial charge in [0.25, 0.3) is 0 Å². The van der Waals surface area contributed by atoms with Gasteiger partial charge in [0.2, 0.25) is 11.9 Å². The van der Waals surface area contributed by atoms with E-state index >= 15 is 0 Å². The van der Waals surface area contributed by atoms with Gasteiger partial charge in [0.15, 0.2) is 5.82 Å². The van der Waals surface area contributed by atoms with E-state index in [1.807, 2.05) is 37.3 Å². The first-order valence-corrected chi connectivity index (χ1v) is 7.37. The molecule has 6 nitrogen and oxygen atoms in total. The van der Waals surface area contributed by atoms with Crippen LogP contribution in [-0.4, -0.2) is 15.0 Å². The van der Waals surface area contributed by atoms with E-state index in [4.69, 9.17) is 21.8 Å². The van der Waals surface area contributed by atoms with Gasteiger partial charge in [-0.05, 0) is 26.0 Å². The summed E-state index contributed by atoms with van der Waals surface area (Å²) in [5, 5.41) is 3.87. The van der Waals surface area contributed by atoms with Crippen LogP contribution in [-0.2, 0) is 0 Å². The zero-order valence-electron chi connectivity index (χ0n) is 12.2. The first kappa shape index (κ1) is 14.6. The maximum atomic E-state index is 6.00. The Labute approximate surface area is 132 Å². The number of halogens is 1. The van der Waals surface area contributed by atoms with Crippen LogP contribution < -0.4 is 11.1 Å². The minimum atomic E-state index is -0.340. The average Bonchev–Trinajstić information content (AvgIpc) is 2.90. The summed E-state index contributed by atoms with van der Waals surface area (Å²) in [6.07, 6.45) is 0. The van der Waals surface area contributed by atoms with Crippen molar-refractivity contribution in [2.45, 2.75) is 25.3 Å². The minimum absolute atomic E-state index is 0.118. The summed E-state index contributed by atoms with van der Waals surface area (Å²) in [7, 11) is 0. The number of hydrogen-bond donors (Lipinski definition) is 2. The van der Waals surface area contributed by atoms with Gasteiger partial charge < -0.3 is 15.5 Å². The molecule has 3 aromatic rings. The molecule has 2 aromatic heterocycles. The molecule has 0 bridgehead atoms. The fourth-order valence-electron chi connectivity index (χ4n) is 2.13. The van der Waals surface area contributed by atoms with Crippen molar-refractivity contribution in [3.05, 3.63) is 41.9 Å². The molecule has 2 atom stereocenters. The molecule has 0 saturated carbocycles. The quantitative estimate of drug-likeness (QED) is 0.713. The molecule has 22 heavy (non-hydrogen) atoms. The van der Waals surface area contributed by atoms with Crippen molar-refractivity contribution < 1.29 is 4.42 Å². The van der Waals surface area contributed by atoms with Crippen LogP contribution in [0.4, 0.5) is 11.9 Å². The summed E-state index contributed by atoms with van der Waals surface area (Å²) in [6, 6.07) is 9.72. The largest absolute Gasteiger partial charge is 0.459 e. The SMILES string of the molecule is CC(Cl)c1nc(N)nc(NC(C)c2cc3ccccc3o2)n1. The Morgan fingerprint density at radius 3 is 2.68 bits per heavy atom. The number of benzene rings is 1. The van der Waals surface area contributed by atoms with Gasteiger partial charge in [0.05, 0.1) is 11.4 Å². The third-order valence-electron chi connectivity index (χ3n) is 3.24. The first-order valence-electron chi connectivity index (χ1n) is 6.93. The Kier molecular flexibility index (Phi) is 3.85. The van der Waals surface area contributed by atoms with E-state index in [0.29, 0.717) is 11.8 Å². The lowest BCUT2D eigenvalue weighted by Crippen LogP contribution is -2.12. The molecule has 1 aromatic carbocycles. The van der Waals surface area contributed by atoms with E-state index in [9.17, 15) is 0 Å². The lowest BCUT2D eigenvalue weighted by molar-refractivity contribution is 0.524. The van der Waals surface area contributed by atoms with Gasteiger partial charge in [-0.1, -0.05) is 18.2 Å². The first-order chi connectivity index (χ1) is 10.5. The Balaban J connectivity index is 1.85. The molecular formula is C15H16ClN5O. The molecule has 3 N–H and O–H groups in total. The van der Waals surface area contributed by atoms with Crippen molar-refractivity contribution in [2.24, 2.45) is 0 Å². The highest BCUT2D eigenvalue weighted by Gasteiger charge is 2.15. The molecule has 0 spiro atoms. The van der Waals surface area contributed by atoms with Crippen LogP contribution in [0.3, 0.4) is 0 Å². The molecule has 0 aliphatic rings. The molecule has 0 amide bonds. The molecule has 7 heteroatoms. The second kappa shape index (κ2) is 5.81. The van der Waals surface area contributed by atoms with Gasteiger partial charge >= 0.3 is 0 Å². The molecule has 0 saturated heterocycles. The average molecular weight is 318 g/mol. The van der Waals surface area contributed by atoms with Gasteiger partial charge in [-0.15, -0.1) is 11.6 Å². The molecule has 2 unspecified atom stereocenters. The molecule has 0 fully saturated rings. The fourth-order valence-corrected chi connectivity index (χ4v) is 2.23. The van der Waals surface area contributed by atoms with Crippen LogP contribution >= 0.6 is 11.6 Å². The van der Waals surface area contributed by atoms with Gasteiger partial charge in [0.1, 0.15) is 11.3 Å². The third-order valence-corrected chi connectivity index (χ3v) is 3.44. The number of para-hydroxylation sites is 1. The van der Waals surface area contributed by atoms with Crippen molar-refractivity contribution in [1.82, 2.24) is 15.0 Å². The van der Waals surface area contributed by atoms with Crippen LogP contribution in [0.2, 0.25) is 0 Å². The molecule has 0 aliphatic heterocycles. The predicted molar refractivity (Wildman–Crippen MR) is 86.8 cm³/mol. The van der Waals surface area contributed by atoms with Gasteiger partial charge in [-0.2, -0.15) is 15.0 Å². The predicted octanol–water partition coefficient (Wildman–Crippen LogP) is 3.67. The fraction of sp³-hybridized carbons (Fsp3) is 0.267. The lowest BCUT2D eigenvalue weighted by atomic mass is 10.2. The third kappa shape index (κ3) is 2.96. The number of fused-ring (bicyclic) bond motifs is 1. The van der Waals surface area contributed by atoms with Crippen LogP contribution in [0.15, 0.2) is 34.7 Å². The number of rotatable bonds is 4. The summed E-state index contributed by atoms with van der Waals surface area (Å²) < 4.78 is 5.82. The Morgan fingerprint density at radius 2 is 1.95 bits per heavy atom. The van der Waals surface area contributed by atoms with E-state index in [1.54, 1.807) is 6.92 Å². The number of hydrogen-bond acceptors (Lipinski definition) is 6. The van der Waals surface area contributed by atoms with Gasteiger partial charge in [-0.3, -0.25) is 0 Å². The maximum Gasteiger partial charge on any atom is 0.228 e. The van der Waals surface area contributed by atoms with Crippen LogP contribution in [0, 0.1) is 0 Å². The van der Waals surface area contributed by atoms with Crippen molar-refractivity contribution in [3.63, 3.8) is 0 Å². The molecule has 0 aliphatic carbocycles. The zero-order chi connectivity index (χ0) is 15.7. The van der Waals surface area contributed by atoms with Crippen molar-refractivity contribution >= 4 is 34.5 Å². The van der Waals surface area contributed by atoms with E-state index in [0.717, 1.165) is 16.7 Å². The summed E-state index contributed by atoms with van der Waals surface area (Å²) in [6.45, 7) is 3.74. The molecule has 0 radical (unpaired) electrons. The maximum absolute atomic E-state index is 6.00. The Bertz CT molecular complexity index is 768. The normalized spacial score (nSPS) is 14.0. The lowest BCUT2D eigenvalue weighted by Gasteiger charge is -2.12. The Hall–Kier alpha value is -2.34. The summed E-state index contributed by atoms with van der Waals surface area (Å²) >= 11 is 6.00. The number of alkyl halides is 1. The number of anilines is 2. The van der Waals surface area contributed by atoms with Crippen LogP contribution in [0.25, 0.3) is 11.0 Å². The highest BCUT2D eigenvalue weighted by atomic mass is 35.5. The summed E-state index contributed by atoms with van der Waals surface area (Å²) in [4.78, 5) is 12.4. The topological polar surface area (TPSA) is 89.9 Å². The van der Waals surface area contributed by atoms with Crippen molar-refractivity contribution in [3.8, 4) is 0 Å². The highest BCUT2D eigenvalue weighted by molar-refractivity contribution is 6.20. The second-order valence-corrected chi connectivity index (χ2v) is 5.70. The van der Waals surface area contributed by atoms with Crippen molar-refractivity contribution in [1.29, 1.82) is 0 Å². The van der Waals surface area contributed by atoms with Gasteiger partial charge in [0, 0.05) is 5.39 Å². The zero-order valence-corrected chi connectivity index (χ0v) is 13.0. The number of aromatic nitrogens is 3. The van der Waals surface area contributed by atoms with E-state index < -0.39 is 0 Å². The van der Waals surface area contributed by atoms with E-state index in [1.165, 1.54) is 0 Å². The number of nitrogen functional groups attached to an aromatic ring is 1. The molecule has 114 valence electrons. The Morgan fingerprint density at radius 1 is 1.18 bits per heavy atom. The smallest absolute Gasteiger partial charge is 0.228 e. The monoisotopic (exact) mass is 317 g/mol. The number of nitrogens with one attached hydrogen (secondary N) is 1. The number of nitrogens with two attached hydrogens (primary N) is 1. The van der Waals surface area contributed by atoms with E-state index in [-0.39, 0.29) is 17.4 Å². The van der Waals surface area contributed by atoms with E-state index in [2.05, 4.69) is 20.3 Å². The van der Waals surface area contributed by atoms with Crippen LogP contribution in [0.5, 0.6) is 0 Å². The highest BCUT2D eigenvalue weighted by Crippen LogP contribution is 2.26. The second-order valence-electron chi connectivity index (χ2n) is 5.04.